The van der Waals surface area contributed by atoms with Crippen molar-refractivity contribution < 1.29 is 18.0 Å². The lowest BCUT2D eigenvalue weighted by atomic mass is 10.3. The van der Waals surface area contributed by atoms with Crippen LogP contribution in [0.4, 0.5) is 13.2 Å². The maximum atomic E-state index is 11.7. The molecule has 0 saturated heterocycles. The van der Waals surface area contributed by atoms with Crippen molar-refractivity contribution in [2.75, 3.05) is 20.1 Å². The van der Waals surface area contributed by atoms with Gasteiger partial charge in [-0.25, -0.2) is 0 Å². The molecule has 0 aromatic heterocycles. The number of nitrogens with one attached hydrogen (secondary N) is 2. The summed E-state index contributed by atoms with van der Waals surface area (Å²) in [6.45, 7) is 1.15. The maximum Gasteiger partial charge on any atom is 0.389 e. The summed E-state index contributed by atoms with van der Waals surface area (Å²) in [5.41, 5.74) is 0. The summed E-state index contributed by atoms with van der Waals surface area (Å²) < 4.78 is 35.0. The Morgan fingerprint density at radius 3 is 2.43 bits per heavy atom. The Morgan fingerprint density at radius 1 is 1.29 bits per heavy atom. The van der Waals surface area contributed by atoms with E-state index in [0.29, 0.717) is 13.0 Å². The smallest absolute Gasteiger partial charge is 0.356 e. The summed E-state index contributed by atoms with van der Waals surface area (Å²) in [5, 5.41) is 5.28. The Hall–Kier alpha value is -0.780. The highest BCUT2D eigenvalue weighted by Gasteiger charge is 2.27. The van der Waals surface area contributed by atoms with Crippen LogP contribution in [-0.4, -0.2) is 32.2 Å². The number of rotatable bonds is 6. The van der Waals surface area contributed by atoms with Crippen molar-refractivity contribution in [3.63, 3.8) is 0 Å². The highest BCUT2D eigenvalue weighted by molar-refractivity contribution is 5.75. The van der Waals surface area contributed by atoms with Gasteiger partial charge in [0.25, 0.3) is 0 Å². The van der Waals surface area contributed by atoms with Crippen LogP contribution in [-0.2, 0) is 4.79 Å². The van der Waals surface area contributed by atoms with Crippen LogP contribution >= 0.6 is 0 Å². The monoisotopic (exact) mass is 212 g/mol. The van der Waals surface area contributed by atoms with Gasteiger partial charge < -0.3 is 10.6 Å². The quantitative estimate of drug-likeness (QED) is 0.646. The van der Waals surface area contributed by atoms with Crippen LogP contribution in [0.3, 0.4) is 0 Å². The van der Waals surface area contributed by atoms with Crippen molar-refractivity contribution in [3.8, 4) is 0 Å². The van der Waals surface area contributed by atoms with E-state index in [1.807, 2.05) is 0 Å². The van der Waals surface area contributed by atoms with Crippen molar-refractivity contribution in [1.29, 1.82) is 0 Å². The van der Waals surface area contributed by atoms with Gasteiger partial charge in [0.2, 0.25) is 5.91 Å². The fourth-order valence-corrected chi connectivity index (χ4v) is 0.837. The topological polar surface area (TPSA) is 41.1 Å². The van der Waals surface area contributed by atoms with Crippen molar-refractivity contribution >= 4 is 5.91 Å². The predicted octanol–water partition coefficient (Wildman–Crippen LogP) is 1.05. The molecule has 0 atom stereocenters. The predicted molar refractivity (Wildman–Crippen MR) is 46.8 cm³/mol. The third-order valence-electron chi connectivity index (χ3n) is 1.56. The molecule has 0 spiro atoms. The van der Waals surface area contributed by atoms with E-state index in [0.717, 1.165) is 6.54 Å². The van der Waals surface area contributed by atoms with E-state index < -0.39 is 24.9 Å². The molecule has 14 heavy (non-hydrogen) atoms. The van der Waals surface area contributed by atoms with Crippen LogP contribution in [0.5, 0.6) is 0 Å². The van der Waals surface area contributed by atoms with Crippen molar-refractivity contribution in [2.45, 2.75) is 25.4 Å². The van der Waals surface area contributed by atoms with Crippen LogP contribution in [0.15, 0.2) is 0 Å². The zero-order valence-electron chi connectivity index (χ0n) is 8.08. The number of alkyl halides is 3. The molecule has 1 amide bonds. The highest BCUT2D eigenvalue weighted by Crippen LogP contribution is 2.20. The zero-order chi connectivity index (χ0) is 11.0. The lowest BCUT2D eigenvalue weighted by Gasteiger charge is -2.06. The van der Waals surface area contributed by atoms with Gasteiger partial charge in [-0.15, -0.1) is 0 Å². The van der Waals surface area contributed by atoms with Crippen LogP contribution in [0.2, 0.25) is 0 Å². The fraction of sp³-hybridized carbons (Fsp3) is 0.875. The molecule has 0 aromatic carbocycles. The molecule has 0 aliphatic rings. The first-order chi connectivity index (χ1) is 6.45. The number of halogens is 3. The van der Waals surface area contributed by atoms with Crippen LogP contribution in [0.1, 0.15) is 19.3 Å². The van der Waals surface area contributed by atoms with Gasteiger partial charge in [0.1, 0.15) is 0 Å². The van der Waals surface area contributed by atoms with Crippen molar-refractivity contribution in [3.05, 3.63) is 0 Å². The van der Waals surface area contributed by atoms with Gasteiger partial charge in [-0.05, 0) is 20.0 Å². The third-order valence-corrected chi connectivity index (χ3v) is 1.56. The molecule has 0 heterocycles. The SMILES string of the molecule is CNCCCNC(=O)CCC(F)(F)F. The molecule has 84 valence electrons. The zero-order valence-corrected chi connectivity index (χ0v) is 8.08. The molecular formula is C8H15F3N2O. The second-order valence-corrected chi connectivity index (χ2v) is 2.92. The van der Waals surface area contributed by atoms with Gasteiger partial charge >= 0.3 is 6.18 Å². The van der Waals surface area contributed by atoms with Gasteiger partial charge in [-0.2, -0.15) is 13.2 Å². The molecule has 0 fully saturated rings. The normalized spacial score (nSPS) is 11.4. The molecule has 0 aromatic rings. The van der Waals surface area contributed by atoms with Crippen molar-refractivity contribution in [2.24, 2.45) is 0 Å². The average molecular weight is 212 g/mol. The standard InChI is InChI=1S/C8H15F3N2O/c1-12-5-2-6-13-7(14)3-4-8(9,10)11/h12H,2-6H2,1H3,(H,13,14). The number of hydrogen-bond acceptors (Lipinski definition) is 2. The Morgan fingerprint density at radius 2 is 1.93 bits per heavy atom. The van der Waals surface area contributed by atoms with Crippen LogP contribution < -0.4 is 10.6 Å². The van der Waals surface area contributed by atoms with E-state index in [4.69, 9.17) is 0 Å². The van der Waals surface area contributed by atoms with E-state index in [1.165, 1.54) is 0 Å². The number of hydrogen-bond donors (Lipinski definition) is 2. The van der Waals surface area contributed by atoms with E-state index in [2.05, 4.69) is 10.6 Å². The summed E-state index contributed by atoms with van der Waals surface area (Å²) in [5.74, 6) is -0.543. The summed E-state index contributed by atoms with van der Waals surface area (Å²) in [7, 11) is 1.77. The van der Waals surface area contributed by atoms with E-state index in [-0.39, 0.29) is 0 Å². The van der Waals surface area contributed by atoms with E-state index in [1.54, 1.807) is 7.05 Å². The minimum Gasteiger partial charge on any atom is -0.356 e. The van der Waals surface area contributed by atoms with Gasteiger partial charge in [0, 0.05) is 13.0 Å². The van der Waals surface area contributed by atoms with Gasteiger partial charge in [-0.3, -0.25) is 4.79 Å². The summed E-state index contributed by atoms with van der Waals surface area (Å²) in [6, 6.07) is 0. The molecule has 0 bridgehead atoms. The first-order valence-electron chi connectivity index (χ1n) is 4.44. The molecule has 0 aliphatic heterocycles. The second-order valence-electron chi connectivity index (χ2n) is 2.92. The lowest BCUT2D eigenvalue weighted by Crippen LogP contribution is -2.27. The first kappa shape index (κ1) is 13.2. The molecule has 0 rings (SSSR count). The first-order valence-corrected chi connectivity index (χ1v) is 4.44. The molecule has 0 aliphatic carbocycles. The molecule has 0 radical (unpaired) electrons. The van der Waals surface area contributed by atoms with Gasteiger partial charge in [0.05, 0.1) is 6.42 Å². The average Bonchev–Trinajstić information content (AvgIpc) is 2.08. The molecule has 6 heteroatoms. The van der Waals surface area contributed by atoms with Crippen molar-refractivity contribution in [1.82, 2.24) is 10.6 Å². The minimum atomic E-state index is -4.25. The minimum absolute atomic E-state index is 0.414. The second kappa shape index (κ2) is 6.64. The summed E-state index contributed by atoms with van der Waals surface area (Å²) >= 11 is 0. The summed E-state index contributed by atoms with van der Waals surface area (Å²) in [6.07, 6.45) is -5.06. The van der Waals surface area contributed by atoms with Crippen LogP contribution in [0.25, 0.3) is 0 Å². The summed E-state index contributed by atoms with van der Waals surface area (Å²) in [4.78, 5) is 10.8. The van der Waals surface area contributed by atoms with Crippen LogP contribution in [0, 0.1) is 0 Å². The van der Waals surface area contributed by atoms with Gasteiger partial charge in [0.15, 0.2) is 0 Å². The molecule has 0 unspecified atom stereocenters. The fourth-order valence-electron chi connectivity index (χ4n) is 0.837. The Bertz CT molecular complexity index is 170. The maximum absolute atomic E-state index is 11.7. The third kappa shape index (κ3) is 9.31. The number of carbonyl (C=O) groups is 1. The number of amides is 1. The molecule has 0 saturated carbocycles. The largest absolute Gasteiger partial charge is 0.389 e. The molecular weight excluding hydrogens is 197 g/mol. The Kier molecular flexibility index (Phi) is 6.27. The number of carbonyl (C=O) groups excluding carboxylic acids is 1. The lowest BCUT2D eigenvalue weighted by molar-refractivity contribution is -0.144. The molecule has 3 nitrogen and oxygen atoms in total. The molecule has 2 N–H and O–H groups in total. The van der Waals surface area contributed by atoms with E-state index >= 15 is 0 Å². The van der Waals surface area contributed by atoms with Gasteiger partial charge in [-0.1, -0.05) is 0 Å². The van der Waals surface area contributed by atoms with E-state index in [9.17, 15) is 18.0 Å². The highest BCUT2D eigenvalue weighted by atomic mass is 19.4. The Balaban J connectivity index is 3.38. The Labute approximate surface area is 81.1 Å².